The van der Waals surface area contributed by atoms with E-state index in [1.165, 1.54) is 0 Å². The molecular weight excluding hydrogens is 304 g/mol. The van der Waals surface area contributed by atoms with Crippen LogP contribution in [0.5, 0.6) is 0 Å². The summed E-state index contributed by atoms with van der Waals surface area (Å²) in [7, 11) is 1.78. The molecule has 2 rings (SSSR count). The highest BCUT2D eigenvalue weighted by Crippen LogP contribution is 2.24. The Morgan fingerprint density at radius 3 is 2.81 bits per heavy atom. The van der Waals surface area contributed by atoms with Crippen molar-refractivity contribution in [2.75, 3.05) is 7.05 Å². The molecule has 0 amide bonds. The van der Waals surface area contributed by atoms with Crippen molar-refractivity contribution in [1.82, 2.24) is 15.6 Å². The lowest BCUT2D eigenvalue weighted by atomic mass is 10.1. The second-order valence-electron chi connectivity index (χ2n) is 5.32. The molecular formula is C15H21ClN4S. The molecule has 4 nitrogen and oxygen atoms in total. The molecule has 2 N–H and O–H groups in total. The minimum atomic E-state index is 0.366. The quantitative estimate of drug-likeness (QED) is 0.666. The molecule has 21 heavy (non-hydrogen) atoms. The minimum absolute atomic E-state index is 0.366. The Kier molecular flexibility index (Phi) is 5.42. The van der Waals surface area contributed by atoms with Gasteiger partial charge in [0, 0.05) is 18.1 Å². The van der Waals surface area contributed by atoms with Crippen LogP contribution in [0.1, 0.15) is 25.8 Å². The lowest BCUT2D eigenvalue weighted by Gasteiger charge is -2.20. The van der Waals surface area contributed by atoms with Crippen LogP contribution in [-0.2, 0) is 6.54 Å². The van der Waals surface area contributed by atoms with E-state index >= 15 is 0 Å². The molecule has 1 atom stereocenters. The van der Waals surface area contributed by atoms with E-state index in [2.05, 4.69) is 41.4 Å². The molecule has 0 spiro atoms. The average molecular weight is 325 g/mol. The predicted molar refractivity (Wildman–Crippen MR) is 92.3 cm³/mol. The number of thiazole rings is 1. The van der Waals surface area contributed by atoms with E-state index in [1.807, 2.05) is 18.2 Å². The SMILES string of the molecule is CN=C(NCc1nc2cc(Cl)ccc2s1)NC(C)C(C)C. The smallest absolute Gasteiger partial charge is 0.191 e. The number of hydrogen-bond acceptors (Lipinski definition) is 3. The van der Waals surface area contributed by atoms with E-state index in [9.17, 15) is 0 Å². The van der Waals surface area contributed by atoms with Gasteiger partial charge in [-0.1, -0.05) is 25.4 Å². The van der Waals surface area contributed by atoms with Gasteiger partial charge in [-0.15, -0.1) is 11.3 Å². The third kappa shape index (κ3) is 4.32. The third-order valence-electron chi connectivity index (χ3n) is 3.39. The van der Waals surface area contributed by atoms with Crippen LogP contribution in [-0.4, -0.2) is 24.0 Å². The maximum absolute atomic E-state index is 5.98. The first-order valence-electron chi connectivity index (χ1n) is 7.01. The zero-order chi connectivity index (χ0) is 15.4. The summed E-state index contributed by atoms with van der Waals surface area (Å²) in [5.41, 5.74) is 0.947. The van der Waals surface area contributed by atoms with Gasteiger partial charge in [-0.05, 0) is 31.0 Å². The Balaban J connectivity index is 2.00. The number of halogens is 1. The van der Waals surface area contributed by atoms with E-state index in [4.69, 9.17) is 11.6 Å². The molecule has 0 bridgehead atoms. The Morgan fingerprint density at radius 2 is 2.14 bits per heavy atom. The van der Waals surface area contributed by atoms with E-state index in [0.717, 1.165) is 26.2 Å². The largest absolute Gasteiger partial charge is 0.354 e. The molecule has 1 unspecified atom stereocenters. The average Bonchev–Trinajstić information content (AvgIpc) is 2.84. The number of rotatable bonds is 4. The summed E-state index contributed by atoms with van der Waals surface area (Å²) in [6.07, 6.45) is 0. The van der Waals surface area contributed by atoms with Crippen LogP contribution >= 0.6 is 22.9 Å². The highest BCUT2D eigenvalue weighted by Gasteiger charge is 2.10. The number of nitrogens with one attached hydrogen (secondary N) is 2. The monoisotopic (exact) mass is 324 g/mol. The fourth-order valence-corrected chi connectivity index (χ4v) is 2.81. The molecule has 1 heterocycles. The maximum Gasteiger partial charge on any atom is 0.191 e. The van der Waals surface area contributed by atoms with E-state index in [1.54, 1.807) is 18.4 Å². The van der Waals surface area contributed by atoms with E-state index in [-0.39, 0.29) is 0 Å². The summed E-state index contributed by atoms with van der Waals surface area (Å²) in [5.74, 6) is 1.35. The van der Waals surface area contributed by atoms with E-state index in [0.29, 0.717) is 18.5 Å². The molecule has 0 saturated heterocycles. The molecule has 1 aromatic heterocycles. The van der Waals surface area contributed by atoms with Crippen molar-refractivity contribution in [1.29, 1.82) is 0 Å². The number of nitrogens with zero attached hydrogens (tertiary/aromatic N) is 2. The fourth-order valence-electron chi connectivity index (χ4n) is 1.76. The molecule has 0 radical (unpaired) electrons. The van der Waals surface area contributed by atoms with Gasteiger partial charge in [0.25, 0.3) is 0 Å². The van der Waals surface area contributed by atoms with Crippen molar-refractivity contribution in [2.24, 2.45) is 10.9 Å². The molecule has 0 aliphatic carbocycles. The van der Waals surface area contributed by atoms with Crippen molar-refractivity contribution < 1.29 is 0 Å². The third-order valence-corrected chi connectivity index (χ3v) is 4.66. The molecule has 1 aromatic carbocycles. The van der Waals surface area contributed by atoms with Gasteiger partial charge in [-0.2, -0.15) is 0 Å². The highest BCUT2D eigenvalue weighted by molar-refractivity contribution is 7.18. The lowest BCUT2D eigenvalue weighted by molar-refractivity contribution is 0.481. The standard InChI is InChI=1S/C15H21ClN4S/c1-9(2)10(3)19-15(17-4)18-8-14-20-12-7-11(16)5-6-13(12)21-14/h5-7,9-10H,8H2,1-4H3,(H2,17,18,19). The number of aromatic nitrogens is 1. The number of aliphatic imine (C=N–C) groups is 1. The zero-order valence-corrected chi connectivity index (χ0v) is 14.3. The van der Waals surface area contributed by atoms with Crippen LogP contribution in [0.4, 0.5) is 0 Å². The van der Waals surface area contributed by atoms with Gasteiger partial charge < -0.3 is 10.6 Å². The Bertz CT molecular complexity index is 636. The first-order chi connectivity index (χ1) is 9.99. The fraction of sp³-hybridized carbons (Fsp3) is 0.467. The number of guanidine groups is 1. The normalized spacial score (nSPS) is 13.7. The Morgan fingerprint density at radius 1 is 1.38 bits per heavy atom. The molecule has 0 fully saturated rings. The minimum Gasteiger partial charge on any atom is -0.354 e. The summed E-state index contributed by atoms with van der Waals surface area (Å²) in [4.78, 5) is 8.83. The second kappa shape index (κ2) is 7.09. The maximum atomic E-state index is 5.98. The van der Waals surface area contributed by atoms with Crippen LogP contribution in [0.3, 0.4) is 0 Å². The van der Waals surface area contributed by atoms with Crippen molar-refractivity contribution in [2.45, 2.75) is 33.4 Å². The van der Waals surface area contributed by atoms with Gasteiger partial charge in [-0.25, -0.2) is 4.98 Å². The topological polar surface area (TPSA) is 49.3 Å². The summed E-state index contributed by atoms with van der Waals surface area (Å²) >= 11 is 7.65. The molecule has 0 saturated carbocycles. The molecule has 114 valence electrons. The highest BCUT2D eigenvalue weighted by atomic mass is 35.5. The summed E-state index contributed by atoms with van der Waals surface area (Å²) in [6.45, 7) is 7.17. The predicted octanol–water partition coefficient (Wildman–Crippen LogP) is 3.66. The van der Waals surface area contributed by atoms with Crippen molar-refractivity contribution >= 4 is 39.1 Å². The van der Waals surface area contributed by atoms with Gasteiger partial charge in [0.2, 0.25) is 0 Å². The first kappa shape index (κ1) is 16.0. The van der Waals surface area contributed by atoms with Crippen molar-refractivity contribution in [3.8, 4) is 0 Å². The first-order valence-corrected chi connectivity index (χ1v) is 8.21. The van der Waals surface area contributed by atoms with Crippen LogP contribution in [0.25, 0.3) is 10.2 Å². The summed E-state index contributed by atoms with van der Waals surface area (Å²) in [5, 5.41) is 8.41. The Labute approximate surface area is 134 Å². The summed E-state index contributed by atoms with van der Waals surface area (Å²) in [6, 6.07) is 6.16. The molecule has 2 aromatic rings. The summed E-state index contributed by atoms with van der Waals surface area (Å²) < 4.78 is 1.15. The molecule has 0 aliphatic heterocycles. The Hall–Kier alpha value is -1.33. The van der Waals surface area contributed by atoms with Crippen LogP contribution < -0.4 is 10.6 Å². The molecule has 6 heteroatoms. The lowest BCUT2D eigenvalue weighted by Crippen LogP contribution is -2.43. The second-order valence-corrected chi connectivity index (χ2v) is 6.87. The van der Waals surface area contributed by atoms with Gasteiger partial charge in [0.1, 0.15) is 5.01 Å². The van der Waals surface area contributed by atoms with Crippen molar-refractivity contribution in [3.63, 3.8) is 0 Å². The zero-order valence-electron chi connectivity index (χ0n) is 12.8. The van der Waals surface area contributed by atoms with Gasteiger partial charge in [0.05, 0.1) is 16.8 Å². The van der Waals surface area contributed by atoms with E-state index < -0.39 is 0 Å². The van der Waals surface area contributed by atoms with Gasteiger partial charge >= 0.3 is 0 Å². The van der Waals surface area contributed by atoms with Crippen LogP contribution in [0.15, 0.2) is 23.2 Å². The molecule has 0 aliphatic rings. The number of hydrogen-bond donors (Lipinski definition) is 2. The number of benzene rings is 1. The number of fused-ring (bicyclic) bond motifs is 1. The van der Waals surface area contributed by atoms with Crippen LogP contribution in [0, 0.1) is 5.92 Å². The van der Waals surface area contributed by atoms with Gasteiger partial charge in [0.15, 0.2) is 5.96 Å². The van der Waals surface area contributed by atoms with Crippen molar-refractivity contribution in [3.05, 3.63) is 28.2 Å². The van der Waals surface area contributed by atoms with Gasteiger partial charge in [-0.3, -0.25) is 4.99 Å². The van der Waals surface area contributed by atoms with Crippen LogP contribution in [0.2, 0.25) is 5.02 Å².